The fourth-order valence-corrected chi connectivity index (χ4v) is 3.10. The molecule has 4 heteroatoms. The number of nitrogens with zero attached hydrogens (tertiary/aromatic N) is 2. The van der Waals surface area contributed by atoms with E-state index in [0.29, 0.717) is 18.3 Å². The lowest BCUT2D eigenvalue weighted by Gasteiger charge is -2.27. The smallest absolute Gasteiger partial charge is 0.0917 e. The molecule has 1 saturated heterocycles. The van der Waals surface area contributed by atoms with E-state index >= 15 is 0 Å². The Morgan fingerprint density at radius 2 is 2.10 bits per heavy atom. The predicted molar refractivity (Wildman–Crippen MR) is 83.6 cm³/mol. The predicted octanol–water partition coefficient (Wildman–Crippen LogP) is 2.53. The average Bonchev–Trinajstić information content (AvgIpc) is 2.96. The monoisotopic (exact) mass is 283 g/mol. The molecular weight excluding hydrogens is 262 g/mol. The van der Waals surface area contributed by atoms with Crippen LogP contribution in [-0.4, -0.2) is 28.1 Å². The van der Waals surface area contributed by atoms with Crippen LogP contribution in [0.15, 0.2) is 48.8 Å². The third-order valence-corrected chi connectivity index (χ3v) is 4.16. The van der Waals surface area contributed by atoms with Gasteiger partial charge in [-0.25, -0.2) is 0 Å². The molecule has 0 radical (unpaired) electrons. The summed E-state index contributed by atoms with van der Waals surface area (Å²) in [6.45, 7) is 1.66. The third kappa shape index (κ3) is 3.23. The van der Waals surface area contributed by atoms with E-state index < -0.39 is 6.10 Å². The van der Waals surface area contributed by atoms with Crippen molar-refractivity contribution in [1.82, 2.24) is 9.88 Å². The molecule has 1 fully saturated rings. The summed E-state index contributed by atoms with van der Waals surface area (Å²) in [7, 11) is 0. The van der Waals surface area contributed by atoms with Crippen LogP contribution >= 0.6 is 0 Å². The van der Waals surface area contributed by atoms with Crippen LogP contribution < -0.4 is 5.73 Å². The lowest BCUT2D eigenvalue weighted by molar-refractivity contribution is 0.106. The van der Waals surface area contributed by atoms with Crippen LogP contribution in [0.4, 0.5) is 5.69 Å². The van der Waals surface area contributed by atoms with Crippen molar-refractivity contribution in [2.75, 3.05) is 18.8 Å². The maximum atomic E-state index is 10.5. The van der Waals surface area contributed by atoms with Gasteiger partial charge in [0.15, 0.2) is 0 Å². The molecule has 0 spiro atoms. The van der Waals surface area contributed by atoms with E-state index in [1.54, 1.807) is 0 Å². The fraction of sp³-hybridized carbons (Fsp3) is 0.353. The molecule has 3 N–H and O–H groups in total. The van der Waals surface area contributed by atoms with Crippen LogP contribution in [0.2, 0.25) is 0 Å². The van der Waals surface area contributed by atoms with E-state index in [0.717, 1.165) is 24.9 Å². The number of aliphatic hydroxyl groups is 1. The molecule has 1 aliphatic rings. The standard InChI is InChI=1S/C17H21N3O/c18-15-4-1-3-14(11-15)17(21)12-20-10-2-5-16(20)13-6-8-19-9-7-13/h1,3-4,6-9,11,16-17,21H,2,5,10,12,18H2. The molecule has 21 heavy (non-hydrogen) atoms. The first-order valence-electron chi connectivity index (χ1n) is 7.41. The molecular formula is C17H21N3O. The lowest BCUT2D eigenvalue weighted by Crippen LogP contribution is -2.28. The Hall–Kier alpha value is -1.91. The maximum absolute atomic E-state index is 10.5. The van der Waals surface area contributed by atoms with Gasteiger partial charge in [-0.15, -0.1) is 0 Å². The molecule has 2 aromatic rings. The number of hydrogen-bond acceptors (Lipinski definition) is 4. The van der Waals surface area contributed by atoms with Crippen molar-refractivity contribution in [2.24, 2.45) is 0 Å². The van der Waals surface area contributed by atoms with Gasteiger partial charge in [0.2, 0.25) is 0 Å². The Bertz CT molecular complexity index is 588. The fourth-order valence-electron chi connectivity index (χ4n) is 3.10. The molecule has 0 saturated carbocycles. The number of anilines is 1. The van der Waals surface area contributed by atoms with Gasteiger partial charge >= 0.3 is 0 Å². The number of nitrogen functional groups attached to an aromatic ring is 1. The zero-order chi connectivity index (χ0) is 14.7. The van der Waals surface area contributed by atoms with Crippen molar-refractivity contribution in [2.45, 2.75) is 25.0 Å². The highest BCUT2D eigenvalue weighted by molar-refractivity contribution is 5.41. The van der Waals surface area contributed by atoms with Gasteiger partial charge in [0.25, 0.3) is 0 Å². The summed E-state index contributed by atoms with van der Waals surface area (Å²) < 4.78 is 0. The summed E-state index contributed by atoms with van der Waals surface area (Å²) in [6, 6.07) is 12.0. The second-order valence-electron chi connectivity index (χ2n) is 5.62. The van der Waals surface area contributed by atoms with Crippen LogP contribution in [0, 0.1) is 0 Å². The lowest BCUT2D eigenvalue weighted by atomic mass is 10.0. The number of pyridine rings is 1. The van der Waals surface area contributed by atoms with Gasteiger partial charge < -0.3 is 10.8 Å². The molecule has 2 atom stereocenters. The van der Waals surface area contributed by atoms with Gasteiger partial charge in [0.1, 0.15) is 0 Å². The van der Waals surface area contributed by atoms with Crippen molar-refractivity contribution < 1.29 is 5.11 Å². The number of rotatable bonds is 4. The minimum Gasteiger partial charge on any atom is -0.399 e. The molecule has 2 unspecified atom stereocenters. The zero-order valence-corrected chi connectivity index (χ0v) is 12.0. The minimum atomic E-state index is -0.504. The number of benzene rings is 1. The highest BCUT2D eigenvalue weighted by Gasteiger charge is 2.27. The van der Waals surface area contributed by atoms with E-state index in [1.807, 2.05) is 36.7 Å². The Labute approximate surface area is 125 Å². The first-order chi connectivity index (χ1) is 10.2. The second kappa shape index (κ2) is 6.24. The number of likely N-dealkylation sites (tertiary alicyclic amines) is 1. The van der Waals surface area contributed by atoms with E-state index in [2.05, 4.69) is 22.0 Å². The molecule has 4 nitrogen and oxygen atoms in total. The van der Waals surface area contributed by atoms with Crippen LogP contribution in [0.3, 0.4) is 0 Å². The topological polar surface area (TPSA) is 62.4 Å². The van der Waals surface area contributed by atoms with Crippen LogP contribution in [0.5, 0.6) is 0 Å². The first kappa shape index (κ1) is 14.0. The molecule has 1 aliphatic heterocycles. The highest BCUT2D eigenvalue weighted by atomic mass is 16.3. The molecule has 0 bridgehead atoms. The Morgan fingerprint density at radius 1 is 1.29 bits per heavy atom. The maximum Gasteiger partial charge on any atom is 0.0917 e. The van der Waals surface area contributed by atoms with Gasteiger partial charge in [-0.3, -0.25) is 9.88 Å². The Balaban J connectivity index is 1.72. The van der Waals surface area contributed by atoms with Gasteiger partial charge in [-0.1, -0.05) is 12.1 Å². The Kier molecular flexibility index (Phi) is 4.18. The van der Waals surface area contributed by atoms with Gasteiger partial charge in [0.05, 0.1) is 6.10 Å². The SMILES string of the molecule is Nc1cccc(C(O)CN2CCCC2c2ccncc2)c1. The summed E-state index contributed by atoms with van der Waals surface area (Å²) in [5, 5.41) is 10.5. The van der Waals surface area contributed by atoms with E-state index in [4.69, 9.17) is 5.73 Å². The largest absolute Gasteiger partial charge is 0.399 e. The normalized spacial score (nSPS) is 20.5. The van der Waals surface area contributed by atoms with Crippen molar-refractivity contribution in [3.8, 4) is 0 Å². The number of aliphatic hydroxyl groups excluding tert-OH is 1. The second-order valence-corrected chi connectivity index (χ2v) is 5.62. The van der Waals surface area contributed by atoms with Crippen LogP contribution in [0.1, 0.15) is 36.1 Å². The summed E-state index contributed by atoms with van der Waals surface area (Å²) in [6.07, 6.45) is 5.46. The first-order valence-corrected chi connectivity index (χ1v) is 7.41. The van der Waals surface area contributed by atoms with E-state index in [1.165, 1.54) is 5.56 Å². The summed E-state index contributed by atoms with van der Waals surface area (Å²) in [4.78, 5) is 6.43. The van der Waals surface area contributed by atoms with Crippen molar-refractivity contribution in [3.05, 3.63) is 59.9 Å². The van der Waals surface area contributed by atoms with Crippen molar-refractivity contribution in [1.29, 1.82) is 0 Å². The number of hydrogen-bond donors (Lipinski definition) is 2. The zero-order valence-electron chi connectivity index (χ0n) is 12.0. The highest BCUT2D eigenvalue weighted by Crippen LogP contribution is 2.33. The average molecular weight is 283 g/mol. The van der Waals surface area contributed by atoms with Crippen LogP contribution in [0.25, 0.3) is 0 Å². The Morgan fingerprint density at radius 3 is 2.86 bits per heavy atom. The molecule has 1 aromatic heterocycles. The molecule has 1 aromatic carbocycles. The van der Waals surface area contributed by atoms with E-state index in [9.17, 15) is 5.11 Å². The van der Waals surface area contributed by atoms with Gasteiger partial charge in [0, 0.05) is 30.7 Å². The number of β-amino-alcohol motifs (C(OH)–C–C–N with tert-alkyl or cyclic N) is 1. The van der Waals surface area contributed by atoms with Gasteiger partial charge in [-0.05, 0) is 54.8 Å². The molecule has 0 amide bonds. The summed E-state index contributed by atoms with van der Waals surface area (Å²) in [5.74, 6) is 0. The van der Waals surface area contributed by atoms with E-state index in [-0.39, 0.29) is 0 Å². The molecule has 3 rings (SSSR count). The summed E-state index contributed by atoms with van der Waals surface area (Å²) in [5.41, 5.74) is 8.65. The number of aromatic nitrogens is 1. The van der Waals surface area contributed by atoms with Gasteiger partial charge in [-0.2, -0.15) is 0 Å². The van der Waals surface area contributed by atoms with Crippen LogP contribution in [-0.2, 0) is 0 Å². The molecule has 2 heterocycles. The molecule has 0 aliphatic carbocycles. The van der Waals surface area contributed by atoms with Crippen molar-refractivity contribution >= 4 is 5.69 Å². The third-order valence-electron chi connectivity index (χ3n) is 4.16. The summed E-state index contributed by atoms with van der Waals surface area (Å²) >= 11 is 0. The minimum absolute atomic E-state index is 0.378. The molecule has 110 valence electrons. The van der Waals surface area contributed by atoms with Crippen molar-refractivity contribution in [3.63, 3.8) is 0 Å². The number of nitrogens with two attached hydrogens (primary N) is 1. The quantitative estimate of drug-likeness (QED) is 0.846.